The Morgan fingerprint density at radius 2 is 1.62 bits per heavy atom. The number of imide groups is 1. The van der Waals surface area contributed by atoms with Gasteiger partial charge in [0.1, 0.15) is 0 Å². The predicted molar refractivity (Wildman–Crippen MR) is 120 cm³/mol. The number of aromatic nitrogens is 1. The van der Waals surface area contributed by atoms with Crippen molar-refractivity contribution in [1.82, 2.24) is 4.57 Å². The largest absolute Gasteiger partial charge is 0.318 e. The van der Waals surface area contributed by atoms with Crippen LogP contribution in [0.3, 0.4) is 0 Å². The summed E-state index contributed by atoms with van der Waals surface area (Å²) >= 11 is 0.986. The highest BCUT2D eigenvalue weighted by Gasteiger charge is 2.36. The Bertz CT molecular complexity index is 1160. The molecule has 4 nitrogen and oxygen atoms in total. The van der Waals surface area contributed by atoms with Crippen molar-refractivity contribution in [3.8, 4) is 5.69 Å². The molecule has 5 heteroatoms. The van der Waals surface area contributed by atoms with Crippen molar-refractivity contribution in [2.75, 3.05) is 4.90 Å². The van der Waals surface area contributed by atoms with E-state index in [1.54, 1.807) is 12.1 Å². The summed E-state index contributed by atoms with van der Waals surface area (Å²) in [7, 11) is 0. The Morgan fingerprint density at radius 3 is 2.34 bits per heavy atom. The third-order valence-corrected chi connectivity index (χ3v) is 6.04. The topological polar surface area (TPSA) is 42.3 Å². The molecule has 3 aromatic rings. The molecule has 0 bridgehead atoms. The van der Waals surface area contributed by atoms with Crippen LogP contribution in [0, 0.1) is 27.7 Å². The second kappa shape index (κ2) is 7.41. The lowest BCUT2D eigenvalue weighted by Gasteiger charge is -2.13. The minimum absolute atomic E-state index is 0.268. The molecule has 29 heavy (non-hydrogen) atoms. The van der Waals surface area contributed by atoms with E-state index in [1.165, 1.54) is 16.0 Å². The van der Waals surface area contributed by atoms with Crippen LogP contribution in [-0.4, -0.2) is 15.7 Å². The van der Waals surface area contributed by atoms with Crippen LogP contribution >= 0.6 is 11.8 Å². The van der Waals surface area contributed by atoms with Crippen LogP contribution in [0.15, 0.2) is 59.5 Å². The molecule has 1 fully saturated rings. The van der Waals surface area contributed by atoms with Gasteiger partial charge in [0.2, 0.25) is 0 Å². The van der Waals surface area contributed by atoms with E-state index in [2.05, 4.69) is 49.6 Å². The monoisotopic (exact) mass is 402 g/mol. The molecular weight excluding hydrogens is 380 g/mol. The highest BCUT2D eigenvalue weighted by Crippen LogP contribution is 2.36. The Labute approximate surface area is 174 Å². The zero-order valence-electron chi connectivity index (χ0n) is 16.9. The van der Waals surface area contributed by atoms with Crippen LogP contribution in [0.2, 0.25) is 0 Å². The molecule has 2 heterocycles. The summed E-state index contributed by atoms with van der Waals surface area (Å²) in [6.45, 7) is 8.28. The summed E-state index contributed by atoms with van der Waals surface area (Å²) in [5, 5.41) is -0.268. The average Bonchev–Trinajstić information content (AvgIpc) is 3.13. The summed E-state index contributed by atoms with van der Waals surface area (Å²) in [4.78, 5) is 27.1. The van der Waals surface area contributed by atoms with Gasteiger partial charge in [0, 0.05) is 17.1 Å². The van der Waals surface area contributed by atoms with Gasteiger partial charge in [0.25, 0.3) is 11.1 Å². The maximum Gasteiger partial charge on any atom is 0.298 e. The Morgan fingerprint density at radius 1 is 0.897 bits per heavy atom. The van der Waals surface area contributed by atoms with Crippen molar-refractivity contribution in [3.05, 3.63) is 87.6 Å². The molecule has 146 valence electrons. The van der Waals surface area contributed by atoms with Gasteiger partial charge in [-0.25, -0.2) is 4.90 Å². The van der Waals surface area contributed by atoms with E-state index in [4.69, 9.17) is 0 Å². The summed E-state index contributed by atoms with van der Waals surface area (Å²) < 4.78 is 2.20. The number of carbonyl (C=O) groups is 2. The van der Waals surface area contributed by atoms with Crippen LogP contribution < -0.4 is 4.90 Å². The number of benzene rings is 2. The van der Waals surface area contributed by atoms with Crippen LogP contribution in [0.5, 0.6) is 0 Å². The van der Waals surface area contributed by atoms with E-state index in [-0.39, 0.29) is 11.1 Å². The summed E-state index contributed by atoms with van der Waals surface area (Å²) in [6.07, 6.45) is 1.83. The van der Waals surface area contributed by atoms with Crippen molar-refractivity contribution in [1.29, 1.82) is 0 Å². The third-order valence-electron chi connectivity index (χ3n) is 5.17. The van der Waals surface area contributed by atoms with E-state index in [0.717, 1.165) is 34.4 Å². The molecule has 0 radical (unpaired) electrons. The molecule has 0 saturated carbocycles. The van der Waals surface area contributed by atoms with Crippen LogP contribution in [-0.2, 0) is 4.79 Å². The van der Waals surface area contributed by atoms with Gasteiger partial charge in [0.05, 0.1) is 10.6 Å². The van der Waals surface area contributed by atoms with E-state index in [0.29, 0.717) is 10.6 Å². The lowest BCUT2D eigenvalue weighted by atomic mass is 10.1. The summed E-state index contributed by atoms with van der Waals surface area (Å²) in [6, 6.07) is 17.5. The van der Waals surface area contributed by atoms with Crippen molar-refractivity contribution in [3.63, 3.8) is 0 Å². The van der Waals surface area contributed by atoms with E-state index < -0.39 is 0 Å². The lowest BCUT2D eigenvalue weighted by molar-refractivity contribution is -0.113. The molecule has 0 unspecified atom stereocenters. The van der Waals surface area contributed by atoms with Gasteiger partial charge >= 0.3 is 0 Å². The third kappa shape index (κ3) is 3.42. The molecule has 0 aliphatic carbocycles. The first kappa shape index (κ1) is 19.3. The minimum Gasteiger partial charge on any atom is -0.318 e. The number of carbonyl (C=O) groups excluding carboxylic acids is 2. The van der Waals surface area contributed by atoms with E-state index >= 15 is 0 Å². The number of aryl methyl sites for hydroxylation is 3. The van der Waals surface area contributed by atoms with Gasteiger partial charge in [-0.05, 0) is 86.5 Å². The van der Waals surface area contributed by atoms with Gasteiger partial charge in [-0.2, -0.15) is 0 Å². The maximum absolute atomic E-state index is 12.9. The smallest absolute Gasteiger partial charge is 0.298 e. The SMILES string of the molecule is Cc1ccc(C)c(-n2c(C)cc(/C=C3/SC(=O)N(c4ccccc4)C3=O)c2C)c1. The van der Waals surface area contributed by atoms with Gasteiger partial charge in [-0.3, -0.25) is 9.59 Å². The normalized spacial score (nSPS) is 15.6. The molecule has 1 aliphatic rings. The molecule has 1 aromatic heterocycles. The molecule has 2 aromatic carbocycles. The molecule has 1 saturated heterocycles. The first-order valence-corrected chi connectivity index (χ1v) is 10.3. The number of hydrogen-bond donors (Lipinski definition) is 0. The Hall–Kier alpha value is -3.05. The summed E-state index contributed by atoms with van der Waals surface area (Å²) in [5.41, 5.74) is 7.20. The fraction of sp³-hybridized carbons (Fsp3) is 0.167. The highest BCUT2D eigenvalue weighted by atomic mass is 32.2. The zero-order valence-corrected chi connectivity index (χ0v) is 17.7. The predicted octanol–water partition coefficient (Wildman–Crippen LogP) is 5.95. The van der Waals surface area contributed by atoms with Gasteiger partial charge in [-0.15, -0.1) is 0 Å². The van der Waals surface area contributed by atoms with Crippen molar-refractivity contribution in [2.45, 2.75) is 27.7 Å². The molecule has 2 amide bonds. The highest BCUT2D eigenvalue weighted by molar-refractivity contribution is 8.19. The number of thioether (sulfide) groups is 1. The second-order valence-corrected chi connectivity index (χ2v) is 8.30. The second-order valence-electron chi connectivity index (χ2n) is 7.30. The molecule has 1 aliphatic heterocycles. The molecule has 0 spiro atoms. The van der Waals surface area contributed by atoms with E-state index in [9.17, 15) is 9.59 Å². The fourth-order valence-electron chi connectivity index (χ4n) is 3.67. The number of rotatable bonds is 3. The number of amides is 2. The van der Waals surface area contributed by atoms with Gasteiger partial charge in [-0.1, -0.05) is 30.3 Å². The van der Waals surface area contributed by atoms with Crippen LogP contribution in [0.1, 0.15) is 28.1 Å². The molecule has 0 atom stereocenters. The minimum atomic E-state index is -0.275. The first-order valence-electron chi connectivity index (χ1n) is 9.46. The first-order chi connectivity index (χ1) is 13.9. The fourth-order valence-corrected chi connectivity index (χ4v) is 4.51. The quantitative estimate of drug-likeness (QED) is 0.508. The number of nitrogens with zero attached hydrogens (tertiary/aromatic N) is 2. The maximum atomic E-state index is 12.9. The van der Waals surface area contributed by atoms with Crippen molar-refractivity contribution >= 4 is 34.7 Å². The Kier molecular flexibility index (Phi) is 4.92. The number of anilines is 1. The van der Waals surface area contributed by atoms with Crippen LogP contribution in [0.4, 0.5) is 10.5 Å². The molecule has 0 N–H and O–H groups in total. The standard InChI is InChI=1S/C24H22N2O2S/c1-15-10-11-16(2)21(12-15)25-17(3)13-19(18(25)4)14-22-23(27)26(24(28)29-22)20-8-6-5-7-9-20/h5-14H,1-4H3/b22-14+. The number of para-hydroxylation sites is 1. The lowest BCUT2D eigenvalue weighted by Crippen LogP contribution is -2.27. The molecule has 4 rings (SSSR count). The van der Waals surface area contributed by atoms with Gasteiger partial charge in [0.15, 0.2) is 0 Å². The summed E-state index contributed by atoms with van der Waals surface area (Å²) in [5.74, 6) is -0.275. The zero-order chi connectivity index (χ0) is 20.7. The Balaban J connectivity index is 1.74. The average molecular weight is 403 g/mol. The van der Waals surface area contributed by atoms with E-state index in [1.807, 2.05) is 31.2 Å². The van der Waals surface area contributed by atoms with Crippen molar-refractivity contribution < 1.29 is 9.59 Å². The van der Waals surface area contributed by atoms with Crippen molar-refractivity contribution in [2.24, 2.45) is 0 Å². The molecular formula is C24H22N2O2S. The van der Waals surface area contributed by atoms with Crippen LogP contribution in [0.25, 0.3) is 11.8 Å². The van der Waals surface area contributed by atoms with Gasteiger partial charge < -0.3 is 4.57 Å². The number of hydrogen-bond acceptors (Lipinski definition) is 3.